The van der Waals surface area contributed by atoms with Gasteiger partial charge in [-0.2, -0.15) is 5.26 Å². The van der Waals surface area contributed by atoms with Gasteiger partial charge in [-0.1, -0.05) is 6.07 Å². The number of carbonyl (C=O) groups excluding carboxylic acids is 2. The first-order valence-corrected chi connectivity index (χ1v) is 8.36. The average molecular weight is 373 g/mol. The molecule has 0 spiro atoms. The van der Waals surface area contributed by atoms with Crippen LogP contribution in [0.5, 0.6) is 0 Å². The summed E-state index contributed by atoms with van der Waals surface area (Å²) in [6, 6.07) is 7.18. The van der Waals surface area contributed by atoms with Crippen molar-refractivity contribution in [3.8, 4) is 6.07 Å². The van der Waals surface area contributed by atoms with Crippen LogP contribution < -0.4 is 5.32 Å². The van der Waals surface area contributed by atoms with E-state index in [1.807, 2.05) is 6.07 Å². The highest BCUT2D eigenvalue weighted by Gasteiger charge is 2.23. The number of esters is 1. The molecular formula is C17H15N3O5S. The lowest BCUT2D eigenvalue weighted by atomic mass is 10.1. The summed E-state index contributed by atoms with van der Waals surface area (Å²) in [5.41, 5.74) is 0.421. The van der Waals surface area contributed by atoms with Crippen molar-refractivity contribution < 1.29 is 19.2 Å². The number of hydrogen-bond acceptors (Lipinski definition) is 7. The number of nitrogens with zero attached hydrogens (tertiary/aromatic N) is 2. The van der Waals surface area contributed by atoms with E-state index in [1.54, 1.807) is 20.8 Å². The predicted molar refractivity (Wildman–Crippen MR) is 95.4 cm³/mol. The van der Waals surface area contributed by atoms with Crippen molar-refractivity contribution in [2.45, 2.75) is 26.9 Å². The number of nitriles is 1. The Kier molecular flexibility index (Phi) is 5.69. The second kappa shape index (κ2) is 7.76. The van der Waals surface area contributed by atoms with Gasteiger partial charge in [-0.25, -0.2) is 4.79 Å². The van der Waals surface area contributed by atoms with Crippen LogP contribution in [0, 0.1) is 28.4 Å². The molecule has 0 atom stereocenters. The molecule has 0 saturated heterocycles. The van der Waals surface area contributed by atoms with E-state index in [0.717, 1.165) is 17.4 Å². The van der Waals surface area contributed by atoms with E-state index >= 15 is 0 Å². The van der Waals surface area contributed by atoms with Gasteiger partial charge in [0.15, 0.2) is 0 Å². The lowest BCUT2D eigenvalue weighted by Gasteiger charge is -2.06. The number of rotatable bonds is 5. The summed E-state index contributed by atoms with van der Waals surface area (Å²) in [4.78, 5) is 34.9. The number of thiophene rings is 1. The van der Waals surface area contributed by atoms with Crippen LogP contribution in [-0.2, 0) is 4.74 Å². The third kappa shape index (κ3) is 4.04. The van der Waals surface area contributed by atoms with Gasteiger partial charge in [0.1, 0.15) is 15.9 Å². The zero-order valence-corrected chi connectivity index (χ0v) is 15.0. The smallest absolute Gasteiger partial charge is 0.348 e. The number of anilines is 1. The highest BCUT2D eigenvalue weighted by atomic mass is 32.1. The third-order valence-corrected chi connectivity index (χ3v) is 4.52. The van der Waals surface area contributed by atoms with Gasteiger partial charge in [0, 0.05) is 17.7 Å². The standard InChI is InChI=1S/C17H15N3O5S/c1-9(2)25-17(22)14-10(3)13(8-18)16(26-14)19-15(21)11-5-4-6-12(7-11)20(23)24/h4-7,9H,1-3H3,(H,19,21). The van der Waals surface area contributed by atoms with Crippen molar-refractivity contribution in [3.63, 3.8) is 0 Å². The normalized spacial score (nSPS) is 10.3. The van der Waals surface area contributed by atoms with Gasteiger partial charge < -0.3 is 10.1 Å². The van der Waals surface area contributed by atoms with Crippen molar-refractivity contribution in [3.05, 3.63) is 55.9 Å². The Morgan fingerprint density at radius 1 is 1.38 bits per heavy atom. The Hall–Kier alpha value is -3.25. The molecule has 1 N–H and O–H groups in total. The zero-order chi connectivity index (χ0) is 19.4. The Bertz CT molecular complexity index is 927. The van der Waals surface area contributed by atoms with Gasteiger partial charge in [0.2, 0.25) is 0 Å². The fourth-order valence-corrected chi connectivity index (χ4v) is 3.17. The van der Waals surface area contributed by atoms with Crippen molar-refractivity contribution >= 4 is 33.9 Å². The highest BCUT2D eigenvalue weighted by molar-refractivity contribution is 7.18. The monoisotopic (exact) mass is 373 g/mol. The van der Waals surface area contributed by atoms with Gasteiger partial charge in [0.25, 0.3) is 11.6 Å². The summed E-state index contributed by atoms with van der Waals surface area (Å²) >= 11 is 0.931. The van der Waals surface area contributed by atoms with Crippen molar-refractivity contribution in [2.75, 3.05) is 5.32 Å². The minimum Gasteiger partial charge on any atom is -0.459 e. The van der Waals surface area contributed by atoms with Crippen LogP contribution in [0.4, 0.5) is 10.7 Å². The summed E-state index contributed by atoms with van der Waals surface area (Å²) < 4.78 is 5.14. The summed E-state index contributed by atoms with van der Waals surface area (Å²) in [6.45, 7) is 5.00. The Morgan fingerprint density at radius 3 is 2.65 bits per heavy atom. The first-order chi connectivity index (χ1) is 12.2. The number of carbonyl (C=O) groups is 2. The number of ether oxygens (including phenoxy) is 1. The number of non-ortho nitro benzene ring substituents is 1. The van der Waals surface area contributed by atoms with Gasteiger partial charge in [0.05, 0.1) is 16.6 Å². The van der Waals surface area contributed by atoms with Crippen LogP contribution in [0.3, 0.4) is 0 Å². The Labute approximate surface area is 153 Å². The van der Waals surface area contributed by atoms with E-state index < -0.39 is 16.8 Å². The topological polar surface area (TPSA) is 122 Å². The molecular weight excluding hydrogens is 358 g/mol. The molecule has 8 nitrogen and oxygen atoms in total. The van der Waals surface area contributed by atoms with Gasteiger partial charge in [-0.3, -0.25) is 14.9 Å². The summed E-state index contributed by atoms with van der Waals surface area (Å²) in [7, 11) is 0. The van der Waals surface area contributed by atoms with E-state index in [4.69, 9.17) is 4.74 Å². The van der Waals surface area contributed by atoms with Crippen molar-refractivity contribution in [1.82, 2.24) is 0 Å². The molecule has 134 valence electrons. The summed E-state index contributed by atoms with van der Waals surface area (Å²) in [5, 5.41) is 22.9. The maximum Gasteiger partial charge on any atom is 0.348 e. The minimum absolute atomic E-state index is 0.0699. The Balaban J connectivity index is 2.33. The molecule has 0 bridgehead atoms. The van der Waals surface area contributed by atoms with Gasteiger partial charge >= 0.3 is 5.97 Å². The molecule has 26 heavy (non-hydrogen) atoms. The fourth-order valence-electron chi connectivity index (χ4n) is 2.13. The van der Waals surface area contributed by atoms with E-state index in [9.17, 15) is 25.0 Å². The van der Waals surface area contributed by atoms with Crippen molar-refractivity contribution in [1.29, 1.82) is 5.26 Å². The van der Waals surface area contributed by atoms with Crippen LogP contribution in [0.25, 0.3) is 0 Å². The van der Waals surface area contributed by atoms with E-state index in [1.165, 1.54) is 18.2 Å². The van der Waals surface area contributed by atoms with Crippen molar-refractivity contribution in [2.24, 2.45) is 0 Å². The number of nitro benzene ring substituents is 1. The minimum atomic E-state index is -0.616. The lowest BCUT2D eigenvalue weighted by Crippen LogP contribution is -2.12. The number of nitrogens with one attached hydrogen (secondary N) is 1. The quantitative estimate of drug-likeness (QED) is 0.485. The fraction of sp³-hybridized carbons (Fsp3) is 0.235. The average Bonchev–Trinajstić information content (AvgIpc) is 2.89. The lowest BCUT2D eigenvalue weighted by molar-refractivity contribution is -0.384. The maximum absolute atomic E-state index is 12.4. The van der Waals surface area contributed by atoms with Crippen LogP contribution in [0.1, 0.15) is 45.0 Å². The van der Waals surface area contributed by atoms with E-state index in [0.29, 0.717) is 5.56 Å². The molecule has 1 amide bonds. The molecule has 2 rings (SSSR count). The zero-order valence-electron chi connectivity index (χ0n) is 14.2. The molecule has 0 radical (unpaired) electrons. The van der Waals surface area contributed by atoms with Crippen LogP contribution in [0.15, 0.2) is 24.3 Å². The maximum atomic E-state index is 12.4. The first-order valence-electron chi connectivity index (χ1n) is 7.54. The van der Waals surface area contributed by atoms with Crippen LogP contribution in [-0.4, -0.2) is 22.9 Å². The Morgan fingerprint density at radius 2 is 2.08 bits per heavy atom. The molecule has 1 aromatic carbocycles. The number of benzene rings is 1. The molecule has 0 unspecified atom stereocenters. The molecule has 1 aromatic heterocycles. The second-order valence-electron chi connectivity index (χ2n) is 5.59. The van der Waals surface area contributed by atoms with Gasteiger partial charge in [-0.05, 0) is 32.4 Å². The second-order valence-corrected chi connectivity index (χ2v) is 6.61. The van der Waals surface area contributed by atoms with E-state index in [-0.39, 0.29) is 32.8 Å². The number of amides is 1. The molecule has 9 heteroatoms. The third-order valence-electron chi connectivity index (χ3n) is 3.33. The largest absolute Gasteiger partial charge is 0.459 e. The van der Waals surface area contributed by atoms with E-state index in [2.05, 4.69) is 5.32 Å². The first kappa shape index (κ1) is 19.1. The van der Waals surface area contributed by atoms with Crippen LogP contribution >= 0.6 is 11.3 Å². The molecule has 0 fully saturated rings. The predicted octanol–water partition coefficient (Wildman–Crippen LogP) is 3.65. The molecule has 0 saturated carbocycles. The summed E-state index contributed by atoms with van der Waals surface area (Å²) in [5.74, 6) is -1.19. The van der Waals surface area contributed by atoms with Crippen LogP contribution in [0.2, 0.25) is 0 Å². The molecule has 0 aliphatic rings. The molecule has 0 aliphatic carbocycles. The molecule has 1 heterocycles. The molecule has 2 aromatic rings. The summed E-state index contributed by atoms with van der Waals surface area (Å²) in [6.07, 6.45) is -0.322. The SMILES string of the molecule is Cc1c(C(=O)OC(C)C)sc(NC(=O)c2cccc([N+](=O)[O-])c2)c1C#N. The number of hydrogen-bond donors (Lipinski definition) is 1. The number of nitro groups is 1. The van der Waals surface area contributed by atoms with Gasteiger partial charge in [-0.15, -0.1) is 11.3 Å². The highest BCUT2D eigenvalue weighted by Crippen LogP contribution is 2.33. The molecule has 0 aliphatic heterocycles.